The summed E-state index contributed by atoms with van der Waals surface area (Å²) in [5, 5.41) is 0. The average Bonchev–Trinajstić information content (AvgIpc) is 2.68. The van der Waals surface area contributed by atoms with Gasteiger partial charge < -0.3 is 15.2 Å². The van der Waals surface area contributed by atoms with E-state index in [0.29, 0.717) is 18.9 Å². The van der Waals surface area contributed by atoms with E-state index >= 15 is 0 Å². The van der Waals surface area contributed by atoms with Gasteiger partial charge in [-0.2, -0.15) is 0 Å². The second-order valence-corrected chi connectivity index (χ2v) is 5.58. The molecule has 0 bridgehead atoms. The molecule has 0 aromatic heterocycles. The van der Waals surface area contributed by atoms with Crippen molar-refractivity contribution in [2.45, 2.75) is 5.60 Å². The third-order valence-electron chi connectivity index (χ3n) is 3.98. The zero-order valence-electron chi connectivity index (χ0n) is 14.7. The molecule has 0 aliphatic carbocycles. The molecule has 0 fully saturated rings. The zero-order chi connectivity index (χ0) is 18.1. The molecule has 0 saturated heterocycles. The van der Waals surface area contributed by atoms with Crippen LogP contribution in [0.1, 0.15) is 11.1 Å². The third-order valence-corrected chi connectivity index (χ3v) is 3.98. The molecule has 0 amide bonds. The minimum atomic E-state index is -0.827. The van der Waals surface area contributed by atoms with Gasteiger partial charge in [0, 0.05) is 6.54 Å². The first-order valence-electron chi connectivity index (χ1n) is 8.20. The Kier molecular flexibility index (Phi) is 6.75. The highest BCUT2D eigenvalue weighted by molar-refractivity contribution is 5.49. The number of ether oxygens (including phenoxy) is 2. The van der Waals surface area contributed by atoms with Crippen LogP contribution in [0.3, 0.4) is 0 Å². The third kappa shape index (κ3) is 4.27. The van der Waals surface area contributed by atoms with Crippen molar-refractivity contribution in [3.8, 4) is 0 Å². The number of hydrogen-bond acceptors (Lipinski definition) is 3. The predicted molar refractivity (Wildman–Crippen MR) is 103 cm³/mol. The SMILES string of the molecule is C=C(/C=C\C(=C)C(OCCN)(c1ccccc1)c1ccccc1)OC. The molecular weight excluding hydrogens is 310 g/mol. The van der Waals surface area contributed by atoms with E-state index in [1.807, 2.05) is 66.7 Å². The average molecular weight is 335 g/mol. The smallest absolute Gasteiger partial charge is 0.143 e. The molecule has 0 atom stereocenters. The van der Waals surface area contributed by atoms with Gasteiger partial charge in [-0.05, 0) is 22.8 Å². The van der Waals surface area contributed by atoms with Gasteiger partial charge in [-0.3, -0.25) is 0 Å². The van der Waals surface area contributed by atoms with Crippen LogP contribution in [0.15, 0.2) is 97.3 Å². The monoisotopic (exact) mass is 335 g/mol. The van der Waals surface area contributed by atoms with Gasteiger partial charge in [-0.15, -0.1) is 0 Å². The number of allylic oxidation sites excluding steroid dienone is 1. The maximum atomic E-state index is 6.33. The van der Waals surface area contributed by atoms with Crippen molar-refractivity contribution in [2.24, 2.45) is 5.73 Å². The lowest BCUT2D eigenvalue weighted by Crippen LogP contribution is -2.34. The Bertz CT molecular complexity index is 681. The van der Waals surface area contributed by atoms with E-state index in [4.69, 9.17) is 15.2 Å². The summed E-state index contributed by atoms with van der Waals surface area (Å²) in [5.41, 5.74) is 7.66. The molecular formula is C22H25NO2. The van der Waals surface area contributed by atoms with E-state index in [9.17, 15) is 0 Å². The molecule has 3 nitrogen and oxygen atoms in total. The van der Waals surface area contributed by atoms with Gasteiger partial charge in [0.1, 0.15) is 11.4 Å². The number of rotatable bonds is 9. The van der Waals surface area contributed by atoms with Crippen molar-refractivity contribution >= 4 is 0 Å². The van der Waals surface area contributed by atoms with E-state index in [0.717, 1.165) is 16.7 Å². The summed E-state index contributed by atoms with van der Waals surface area (Å²) < 4.78 is 11.5. The van der Waals surface area contributed by atoms with Crippen LogP contribution >= 0.6 is 0 Å². The highest BCUT2D eigenvalue weighted by Gasteiger charge is 2.37. The van der Waals surface area contributed by atoms with Gasteiger partial charge in [0.2, 0.25) is 0 Å². The molecule has 0 unspecified atom stereocenters. The second-order valence-electron chi connectivity index (χ2n) is 5.58. The van der Waals surface area contributed by atoms with E-state index in [1.165, 1.54) is 0 Å². The van der Waals surface area contributed by atoms with Gasteiger partial charge >= 0.3 is 0 Å². The number of nitrogens with two attached hydrogens (primary N) is 1. The van der Waals surface area contributed by atoms with Gasteiger partial charge in [-0.25, -0.2) is 0 Å². The number of hydrogen-bond donors (Lipinski definition) is 1. The van der Waals surface area contributed by atoms with Crippen molar-refractivity contribution in [1.29, 1.82) is 0 Å². The Labute approximate surface area is 150 Å². The normalized spacial score (nSPS) is 11.4. The van der Waals surface area contributed by atoms with Crippen LogP contribution in [0.4, 0.5) is 0 Å². The first-order chi connectivity index (χ1) is 12.1. The van der Waals surface area contributed by atoms with Crippen molar-refractivity contribution in [3.63, 3.8) is 0 Å². The first kappa shape index (κ1) is 18.7. The molecule has 2 aromatic rings. The lowest BCUT2D eigenvalue weighted by molar-refractivity contribution is 0.0177. The van der Waals surface area contributed by atoms with E-state index < -0.39 is 5.60 Å². The molecule has 25 heavy (non-hydrogen) atoms. The van der Waals surface area contributed by atoms with Crippen LogP contribution in [0, 0.1) is 0 Å². The van der Waals surface area contributed by atoms with Crippen molar-refractivity contribution in [3.05, 3.63) is 108 Å². The van der Waals surface area contributed by atoms with Crippen LogP contribution in [-0.2, 0) is 15.1 Å². The molecule has 3 heteroatoms. The van der Waals surface area contributed by atoms with E-state index in [-0.39, 0.29) is 0 Å². The largest absolute Gasteiger partial charge is 0.497 e. The summed E-state index contributed by atoms with van der Waals surface area (Å²) in [7, 11) is 1.59. The maximum absolute atomic E-state index is 6.33. The van der Waals surface area contributed by atoms with Crippen molar-refractivity contribution in [1.82, 2.24) is 0 Å². The van der Waals surface area contributed by atoms with E-state index in [2.05, 4.69) is 13.2 Å². The Morgan fingerprint density at radius 2 is 1.48 bits per heavy atom. The summed E-state index contributed by atoms with van der Waals surface area (Å²) in [5.74, 6) is 0.551. The molecule has 0 radical (unpaired) electrons. The summed E-state index contributed by atoms with van der Waals surface area (Å²) in [6.07, 6.45) is 3.66. The van der Waals surface area contributed by atoms with Crippen LogP contribution in [0.5, 0.6) is 0 Å². The van der Waals surface area contributed by atoms with Crippen LogP contribution in [0.25, 0.3) is 0 Å². The van der Waals surface area contributed by atoms with Crippen molar-refractivity contribution in [2.75, 3.05) is 20.3 Å². The Hall–Kier alpha value is -2.62. The van der Waals surface area contributed by atoms with Crippen molar-refractivity contribution < 1.29 is 9.47 Å². The predicted octanol–water partition coefficient (Wildman–Crippen LogP) is 4.18. The molecule has 2 aromatic carbocycles. The van der Waals surface area contributed by atoms with Crippen LogP contribution in [-0.4, -0.2) is 20.3 Å². The lowest BCUT2D eigenvalue weighted by Gasteiger charge is -2.36. The Balaban J connectivity index is 2.60. The van der Waals surface area contributed by atoms with Crippen LogP contribution in [0.2, 0.25) is 0 Å². The maximum Gasteiger partial charge on any atom is 0.143 e. The fraction of sp³-hybridized carbons (Fsp3) is 0.182. The fourth-order valence-corrected chi connectivity index (χ4v) is 2.73. The molecule has 2 N–H and O–H groups in total. The molecule has 0 spiro atoms. The number of methoxy groups -OCH3 is 1. The van der Waals surface area contributed by atoms with E-state index in [1.54, 1.807) is 13.2 Å². The Morgan fingerprint density at radius 1 is 0.960 bits per heavy atom. The topological polar surface area (TPSA) is 44.5 Å². The molecule has 0 aliphatic heterocycles. The lowest BCUT2D eigenvalue weighted by atomic mass is 9.80. The van der Waals surface area contributed by atoms with Crippen LogP contribution < -0.4 is 5.73 Å². The quantitative estimate of drug-likeness (QED) is 0.552. The summed E-state index contributed by atoms with van der Waals surface area (Å²) in [6, 6.07) is 20.1. The summed E-state index contributed by atoms with van der Waals surface area (Å²) in [6.45, 7) is 8.94. The van der Waals surface area contributed by atoms with Gasteiger partial charge in [-0.1, -0.05) is 79.9 Å². The summed E-state index contributed by atoms with van der Waals surface area (Å²) in [4.78, 5) is 0. The minimum absolute atomic E-state index is 0.405. The zero-order valence-corrected chi connectivity index (χ0v) is 14.7. The Morgan fingerprint density at radius 3 is 1.92 bits per heavy atom. The highest BCUT2D eigenvalue weighted by atomic mass is 16.5. The second kappa shape index (κ2) is 9.02. The molecule has 0 saturated carbocycles. The first-order valence-corrected chi connectivity index (χ1v) is 8.20. The molecule has 130 valence electrons. The molecule has 0 heterocycles. The fourth-order valence-electron chi connectivity index (χ4n) is 2.73. The minimum Gasteiger partial charge on any atom is -0.497 e. The molecule has 0 aliphatic rings. The van der Waals surface area contributed by atoms with Gasteiger partial charge in [0.05, 0.1) is 13.7 Å². The standard InChI is InChI=1S/C22H25NO2/c1-18(14-15-19(2)24-3)22(25-17-16-23,20-10-6-4-7-11-20)21-12-8-5-9-13-21/h4-15H,1-2,16-17,23H2,3H3/b15-14-. The molecule has 2 rings (SSSR count). The summed E-state index contributed by atoms with van der Waals surface area (Å²) >= 11 is 0. The number of benzene rings is 2. The van der Waals surface area contributed by atoms with Gasteiger partial charge in [0.25, 0.3) is 0 Å². The van der Waals surface area contributed by atoms with Gasteiger partial charge in [0.15, 0.2) is 0 Å². The highest BCUT2D eigenvalue weighted by Crippen LogP contribution is 2.40.